The Morgan fingerprint density at radius 1 is 0.253 bits per heavy atom. The van der Waals surface area contributed by atoms with Crippen LogP contribution >= 0.6 is 15.6 Å². The van der Waals surface area contributed by atoms with E-state index in [4.69, 9.17) is 37.0 Å². The Kier molecular flexibility index (Phi) is 67.8. The number of phosphoric ester groups is 2. The molecule has 0 radical (unpaired) electrons. The minimum absolute atomic E-state index is 0.101. The number of hydrogen-bond donors (Lipinski definition) is 3. The molecule has 0 saturated heterocycles. The van der Waals surface area contributed by atoms with Crippen molar-refractivity contribution in [2.75, 3.05) is 39.6 Å². The number of rotatable bonds is 77. The van der Waals surface area contributed by atoms with Gasteiger partial charge in [0.15, 0.2) is 12.2 Å². The number of ether oxygens (including phenoxy) is 4. The van der Waals surface area contributed by atoms with Crippen LogP contribution in [0.4, 0.5) is 0 Å². The fraction of sp³-hybridized carbons (Fsp3) is 0.950. The first-order chi connectivity index (χ1) is 47.6. The molecule has 17 nitrogen and oxygen atoms in total. The molecule has 5 atom stereocenters. The predicted octanol–water partition coefficient (Wildman–Crippen LogP) is 23.6. The molecule has 0 fully saturated rings. The average Bonchev–Trinajstić information content (AvgIpc) is 1.04. The first kappa shape index (κ1) is 97.1. The molecular weight excluding hydrogens is 1290 g/mol. The highest BCUT2D eigenvalue weighted by Crippen LogP contribution is 2.45. The van der Waals surface area contributed by atoms with Gasteiger partial charge in [0, 0.05) is 25.7 Å². The number of hydrogen-bond acceptors (Lipinski definition) is 15. The number of phosphoric acid groups is 2. The summed E-state index contributed by atoms with van der Waals surface area (Å²) in [5.41, 5.74) is 0. The van der Waals surface area contributed by atoms with E-state index in [1.54, 1.807) is 0 Å². The summed E-state index contributed by atoms with van der Waals surface area (Å²) in [5.74, 6) is 0.901. The van der Waals surface area contributed by atoms with Crippen molar-refractivity contribution >= 4 is 39.5 Å². The summed E-state index contributed by atoms with van der Waals surface area (Å²) < 4.78 is 68.6. The molecule has 0 heterocycles. The number of aliphatic hydroxyl groups is 1. The smallest absolute Gasteiger partial charge is 0.462 e. The molecule has 0 aliphatic carbocycles. The summed E-state index contributed by atoms with van der Waals surface area (Å²) in [7, 11) is -9.92. The van der Waals surface area contributed by atoms with Crippen LogP contribution in [0, 0.1) is 23.7 Å². The quantitative estimate of drug-likeness (QED) is 0.0222. The van der Waals surface area contributed by atoms with Gasteiger partial charge in [-0.1, -0.05) is 357 Å². The Labute approximate surface area is 607 Å². The van der Waals surface area contributed by atoms with E-state index in [0.29, 0.717) is 31.6 Å². The van der Waals surface area contributed by atoms with Crippen LogP contribution in [0.3, 0.4) is 0 Å². The average molecular weight is 1450 g/mol. The number of esters is 4. The van der Waals surface area contributed by atoms with Crippen LogP contribution in [0.2, 0.25) is 0 Å². The number of unbranched alkanes of at least 4 members (excludes halogenated alkanes) is 43. The van der Waals surface area contributed by atoms with Crippen molar-refractivity contribution in [2.45, 2.75) is 427 Å². The van der Waals surface area contributed by atoms with E-state index in [-0.39, 0.29) is 25.7 Å². The van der Waals surface area contributed by atoms with Crippen molar-refractivity contribution in [2.24, 2.45) is 23.7 Å². The van der Waals surface area contributed by atoms with Crippen LogP contribution < -0.4 is 0 Å². The molecule has 0 spiro atoms. The zero-order valence-electron chi connectivity index (χ0n) is 65.1. The Hall–Kier alpha value is -1.94. The maximum Gasteiger partial charge on any atom is 0.472 e. The Morgan fingerprint density at radius 3 is 0.626 bits per heavy atom. The second-order valence-electron chi connectivity index (χ2n) is 30.7. The standard InChI is InChI=1S/C80H156O17P2/c1-70(2)56-48-40-32-26-22-18-14-11-9-10-12-16-21-25-29-37-46-54-62-79(84)96-75(66-90-77(82)60-52-44-35-28-24-20-17-13-15-19-23-27-33-41-49-57-71(3)4)68-94-98(86,87)92-64-74(81)65-93-99(88,89)95-69-76(97-80(85)63-55-47-39-38-43-51-59-73(7)8)67-91-78(83)61-53-45-36-31-30-34-42-50-58-72(5)6/h70-76,81H,9-69H2,1-8H3,(H,86,87)(H,88,89)/t74?,75-,76-/m1/s1. The van der Waals surface area contributed by atoms with E-state index >= 15 is 0 Å². The molecule has 0 bridgehead atoms. The zero-order chi connectivity index (χ0) is 73.1. The highest BCUT2D eigenvalue weighted by molar-refractivity contribution is 7.47. The second-order valence-corrected chi connectivity index (χ2v) is 33.6. The number of aliphatic hydroxyl groups excluding tert-OH is 1. The van der Waals surface area contributed by atoms with Crippen molar-refractivity contribution in [3.05, 3.63) is 0 Å². The predicted molar refractivity (Wildman–Crippen MR) is 404 cm³/mol. The van der Waals surface area contributed by atoms with E-state index in [1.165, 1.54) is 212 Å². The van der Waals surface area contributed by atoms with Crippen LogP contribution in [0.15, 0.2) is 0 Å². The Bertz CT molecular complexity index is 1940. The summed E-state index contributed by atoms with van der Waals surface area (Å²) in [6, 6.07) is 0. The zero-order valence-corrected chi connectivity index (χ0v) is 66.9. The van der Waals surface area contributed by atoms with E-state index in [1.807, 2.05) is 0 Å². The van der Waals surface area contributed by atoms with Gasteiger partial charge in [-0.05, 0) is 49.4 Å². The van der Waals surface area contributed by atoms with Crippen LogP contribution in [0.25, 0.3) is 0 Å². The molecule has 3 unspecified atom stereocenters. The van der Waals surface area contributed by atoms with Gasteiger partial charge in [0.1, 0.15) is 19.3 Å². The van der Waals surface area contributed by atoms with Gasteiger partial charge in [0.25, 0.3) is 0 Å². The normalized spacial score (nSPS) is 14.1. The maximum atomic E-state index is 13.1. The van der Waals surface area contributed by atoms with Gasteiger partial charge in [-0.25, -0.2) is 9.13 Å². The molecule has 0 aliphatic rings. The first-order valence-corrected chi connectivity index (χ1v) is 44.2. The van der Waals surface area contributed by atoms with E-state index < -0.39 is 97.5 Å². The third-order valence-electron chi connectivity index (χ3n) is 18.6. The topological polar surface area (TPSA) is 237 Å². The largest absolute Gasteiger partial charge is 0.472 e. The van der Waals surface area contributed by atoms with E-state index in [9.17, 15) is 43.2 Å². The minimum atomic E-state index is -4.96. The number of carbonyl (C=O) groups excluding carboxylic acids is 4. The molecular formula is C80H156O17P2. The van der Waals surface area contributed by atoms with Crippen molar-refractivity contribution in [1.29, 1.82) is 0 Å². The fourth-order valence-electron chi connectivity index (χ4n) is 12.3. The van der Waals surface area contributed by atoms with Crippen LogP contribution in [0.5, 0.6) is 0 Å². The third-order valence-corrected chi connectivity index (χ3v) is 20.5. The van der Waals surface area contributed by atoms with E-state index in [2.05, 4.69) is 55.4 Å². The van der Waals surface area contributed by atoms with Gasteiger partial charge in [-0.3, -0.25) is 37.3 Å². The third kappa shape index (κ3) is 74.1. The molecule has 0 saturated carbocycles. The second kappa shape index (κ2) is 69.1. The first-order valence-electron chi connectivity index (χ1n) is 41.2. The molecule has 19 heteroatoms. The molecule has 0 aromatic carbocycles. The SMILES string of the molecule is CC(C)CCCCCCCCCCCCCCCCCCCCC(=O)O[C@H](COC(=O)CCCCCCCCCCCCCCCCCC(C)C)COP(=O)(O)OCC(O)COP(=O)(O)OC[C@@H](COC(=O)CCCCCCCCCCC(C)C)OC(=O)CCCCCCCCC(C)C. The summed E-state index contributed by atoms with van der Waals surface area (Å²) in [4.78, 5) is 72.9. The summed E-state index contributed by atoms with van der Waals surface area (Å²) >= 11 is 0. The van der Waals surface area contributed by atoms with Gasteiger partial charge in [-0.2, -0.15) is 0 Å². The van der Waals surface area contributed by atoms with Crippen LogP contribution in [-0.4, -0.2) is 96.7 Å². The lowest BCUT2D eigenvalue weighted by molar-refractivity contribution is -0.161. The van der Waals surface area contributed by atoms with Gasteiger partial charge in [0.05, 0.1) is 26.4 Å². The summed E-state index contributed by atoms with van der Waals surface area (Å²) in [5, 5.41) is 10.6. The molecule has 0 amide bonds. The highest BCUT2D eigenvalue weighted by atomic mass is 31.2. The molecule has 0 rings (SSSR count). The summed E-state index contributed by atoms with van der Waals surface area (Å²) in [6.45, 7) is 14.2. The minimum Gasteiger partial charge on any atom is -0.462 e. The van der Waals surface area contributed by atoms with Gasteiger partial charge >= 0.3 is 39.5 Å². The highest BCUT2D eigenvalue weighted by Gasteiger charge is 2.30. The molecule has 0 aliphatic heterocycles. The summed E-state index contributed by atoms with van der Waals surface area (Å²) in [6.07, 6.45) is 55.9. The monoisotopic (exact) mass is 1450 g/mol. The molecule has 99 heavy (non-hydrogen) atoms. The van der Waals surface area contributed by atoms with Gasteiger partial charge < -0.3 is 33.8 Å². The van der Waals surface area contributed by atoms with Crippen molar-refractivity contribution < 1.29 is 80.2 Å². The Morgan fingerprint density at radius 2 is 0.424 bits per heavy atom. The van der Waals surface area contributed by atoms with Crippen molar-refractivity contribution in [3.8, 4) is 0 Å². The fourth-order valence-corrected chi connectivity index (χ4v) is 13.8. The lowest BCUT2D eigenvalue weighted by atomic mass is 10.0. The molecule has 0 aromatic heterocycles. The molecule has 0 aromatic rings. The van der Waals surface area contributed by atoms with Crippen molar-refractivity contribution in [3.63, 3.8) is 0 Å². The molecule has 3 N–H and O–H groups in total. The van der Waals surface area contributed by atoms with Gasteiger partial charge in [0.2, 0.25) is 0 Å². The van der Waals surface area contributed by atoms with Crippen LogP contribution in [-0.2, 0) is 65.4 Å². The van der Waals surface area contributed by atoms with Crippen molar-refractivity contribution in [1.82, 2.24) is 0 Å². The lowest BCUT2D eigenvalue weighted by Crippen LogP contribution is -2.30. The van der Waals surface area contributed by atoms with Crippen LogP contribution in [0.1, 0.15) is 409 Å². The van der Waals surface area contributed by atoms with Gasteiger partial charge in [-0.15, -0.1) is 0 Å². The molecule has 588 valence electrons. The van der Waals surface area contributed by atoms with E-state index in [0.717, 1.165) is 108 Å². The Balaban J connectivity index is 5.19. The maximum absolute atomic E-state index is 13.1. The lowest BCUT2D eigenvalue weighted by Gasteiger charge is -2.21. The number of carbonyl (C=O) groups is 4.